The zero-order chi connectivity index (χ0) is 17.7. The summed E-state index contributed by atoms with van der Waals surface area (Å²) in [4.78, 5) is 15.7. The minimum atomic E-state index is -0.401. The summed E-state index contributed by atoms with van der Waals surface area (Å²) in [6.45, 7) is 1.96. The molecule has 0 radical (unpaired) electrons. The second kappa shape index (κ2) is 5.64. The molecule has 0 fully saturated rings. The van der Waals surface area contributed by atoms with Crippen LogP contribution in [0.3, 0.4) is 0 Å². The lowest BCUT2D eigenvalue weighted by Gasteiger charge is -2.00. The van der Waals surface area contributed by atoms with Crippen molar-refractivity contribution in [2.24, 2.45) is 0 Å². The van der Waals surface area contributed by atoms with Crippen LogP contribution in [-0.4, -0.2) is 15.2 Å². The number of benzene rings is 2. The largest absolute Gasteiger partial charge is 0.422 e. The molecule has 0 aliphatic rings. The van der Waals surface area contributed by atoms with Crippen molar-refractivity contribution in [2.75, 3.05) is 0 Å². The van der Waals surface area contributed by atoms with Crippen LogP contribution in [0.15, 0.2) is 63.8 Å². The highest BCUT2D eigenvalue weighted by molar-refractivity contribution is 7.17. The van der Waals surface area contributed by atoms with E-state index in [0.717, 1.165) is 32.6 Å². The molecule has 0 atom stereocenters. The second-order valence-electron chi connectivity index (χ2n) is 6.17. The summed E-state index contributed by atoms with van der Waals surface area (Å²) in [5, 5.41) is 11.7. The Morgan fingerprint density at radius 1 is 0.962 bits per heavy atom. The lowest BCUT2D eigenvalue weighted by atomic mass is 10.1. The number of fused-ring (bicyclic) bond motifs is 2. The summed E-state index contributed by atoms with van der Waals surface area (Å²) in [6.07, 6.45) is 0. The van der Waals surface area contributed by atoms with Crippen molar-refractivity contribution < 1.29 is 4.42 Å². The summed E-state index contributed by atoms with van der Waals surface area (Å²) in [5.41, 5.74) is 3.59. The van der Waals surface area contributed by atoms with E-state index < -0.39 is 5.63 Å². The molecule has 0 amide bonds. The van der Waals surface area contributed by atoms with E-state index in [0.29, 0.717) is 16.2 Å². The summed E-state index contributed by atoms with van der Waals surface area (Å²) in [7, 11) is 0. The monoisotopic (exact) mass is 359 g/mol. The Morgan fingerprint density at radius 2 is 1.81 bits per heavy atom. The fraction of sp³-hybridized carbons (Fsp3) is 0.0500. The van der Waals surface area contributed by atoms with Crippen LogP contribution in [0.4, 0.5) is 0 Å². The number of aromatic amines is 1. The molecule has 0 saturated heterocycles. The molecule has 2 aromatic carbocycles. The first-order valence-corrected chi connectivity index (χ1v) is 8.95. The summed E-state index contributed by atoms with van der Waals surface area (Å²) in [5.74, 6) is 0. The van der Waals surface area contributed by atoms with E-state index in [-0.39, 0.29) is 0 Å². The standard InChI is InChI=1S/C20H13N3O2S/c1-11-6-7-13-9-14(20(24)25-17(13)8-11)18-22-23-19(26-18)16-10-12-4-2-3-5-15(12)21-16/h2-10,21H,1H3. The maximum absolute atomic E-state index is 12.4. The lowest BCUT2D eigenvalue weighted by molar-refractivity contribution is 0.563. The molecule has 6 heteroatoms. The Morgan fingerprint density at radius 3 is 2.69 bits per heavy atom. The van der Waals surface area contributed by atoms with Gasteiger partial charge in [0.05, 0.1) is 11.3 Å². The number of hydrogen-bond acceptors (Lipinski definition) is 5. The first-order chi connectivity index (χ1) is 12.7. The Labute approximate surface area is 151 Å². The van der Waals surface area contributed by atoms with Gasteiger partial charge in [0.1, 0.15) is 5.58 Å². The van der Waals surface area contributed by atoms with Gasteiger partial charge in [-0.15, -0.1) is 10.2 Å². The van der Waals surface area contributed by atoms with Crippen LogP contribution in [0.2, 0.25) is 0 Å². The number of nitrogens with one attached hydrogen (secondary N) is 1. The topological polar surface area (TPSA) is 71.8 Å². The van der Waals surface area contributed by atoms with Crippen LogP contribution in [0, 0.1) is 6.92 Å². The van der Waals surface area contributed by atoms with Gasteiger partial charge in [-0.2, -0.15) is 0 Å². The Bertz CT molecular complexity index is 1300. The molecular weight excluding hydrogens is 346 g/mol. The average Bonchev–Trinajstić information content (AvgIpc) is 3.27. The van der Waals surface area contributed by atoms with E-state index in [1.165, 1.54) is 11.3 Å². The van der Waals surface area contributed by atoms with Gasteiger partial charge in [-0.1, -0.05) is 41.7 Å². The Kier molecular flexibility index (Phi) is 3.26. The van der Waals surface area contributed by atoms with Crippen LogP contribution < -0.4 is 5.63 Å². The van der Waals surface area contributed by atoms with Crippen molar-refractivity contribution >= 4 is 33.2 Å². The molecule has 1 N–H and O–H groups in total. The first-order valence-electron chi connectivity index (χ1n) is 8.14. The van der Waals surface area contributed by atoms with Gasteiger partial charge in [-0.05, 0) is 36.8 Å². The van der Waals surface area contributed by atoms with E-state index >= 15 is 0 Å². The number of hydrogen-bond donors (Lipinski definition) is 1. The smallest absolute Gasteiger partial charge is 0.346 e. The molecule has 0 aliphatic heterocycles. The van der Waals surface area contributed by atoms with E-state index in [9.17, 15) is 4.79 Å². The van der Waals surface area contributed by atoms with Crippen molar-refractivity contribution in [1.29, 1.82) is 0 Å². The van der Waals surface area contributed by atoms with Gasteiger partial charge in [0.25, 0.3) is 0 Å². The molecule has 0 saturated carbocycles. The highest BCUT2D eigenvalue weighted by Gasteiger charge is 2.15. The molecule has 5 nitrogen and oxygen atoms in total. The summed E-state index contributed by atoms with van der Waals surface area (Å²) in [6, 6.07) is 17.7. The van der Waals surface area contributed by atoms with Gasteiger partial charge in [-0.3, -0.25) is 0 Å². The molecule has 5 aromatic rings. The van der Waals surface area contributed by atoms with Crippen molar-refractivity contribution in [3.8, 4) is 21.3 Å². The van der Waals surface area contributed by atoms with Crippen LogP contribution >= 0.6 is 11.3 Å². The predicted octanol–water partition coefficient (Wildman–Crippen LogP) is 4.77. The minimum Gasteiger partial charge on any atom is -0.422 e. The number of H-pyrrole nitrogens is 1. The number of aryl methyl sites for hydroxylation is 1. The Balaban J connectivity index is 1.61. The van der Waals surface area contributed by atoms with E-state index in [4.69, 9.17) is 4.42 Å². The summed E-state index contributed by atoms with van der Waals surface area (Å²) < 4.78 is 5.47. The third-order valence-corrected chi connectivity index (χ3v) is 5.30. The fourth-order valence-corrected chi connectivity index (χ4v) is 3.82. The third-order valence-electron chi connectivity index (χ3n) is 4.31. The maximum atomic E-state index is 12.4. The molecular formula is C20H13N3O2S. The minimum absolute atomic E-state index is 0.401. The predicted molar refractivity (Wildman–Crippen MR) is 103 cm³/mol. The number of nitrogens with zero attached hydrogens (tertiary/aromatic N) is 2. The van der Waals surface area contributed by atoms with Crippen LogP contribution in [-0.2, 0) is 0 Å². The molecule has 3 heterocycles. The quantitative estimate of drug-likeness (QED) is 0.461. The average molecular weight is 359 g/mol. The van der Waals surface area contributed by atoms with Gasteiger partial charge < -0.3 is 9.40 Å². The van der Waals surface area contributed by atoms with Crippen molar-refractivity contribution in [3.63, 3.8) is 0 Å². The number of para-hydroxylation sites is 1. The van der Waals surface area contributed by atoms with Crippen LogP contribution in [0.5, 0.6) is 0 Å². The van der Waals surface area contributed by atoms with Gasteiger partial charge >= 0.3 is 5.63 Å². The van der Waals surface area contributed by atoms with Crippen molar-refractivity contribution in [1.82, 2.24) is 15.2 Å². The van der Waals surface area contributed by atoms with Gasteiger partial charge in [-0.25, -0.2) is 4.79 Å². The molecule has 0 unspecified atom stereocenters. The molecule has 126 valence electrons. The van der Waals surface area contributed by atoms with E-state index in [2.05, 4.69) is 15.2 Å². The van der Waals surface area contributed by atoms with Gasteiger partial charge in [0.2, 0.25) is 0 Å². The number of aromatic nitrogens is 3. The molecule has 26 heavy (non-hydrogen) atoms. The summed E-state index contributed by atoms with van der Waals surface area (Å²) >= 11 is 1.37. The van der Waals surface area contributed by atoms with Crippen LogP contribution in [0.25, 0.3) is 43.1 Å². The fourth-order valence-electron chi connectivity index (χ4n) is 3.00. The lowest BCUT2D eigenvalue weighted by Crippen LogP contribution is -2.02. The SMILES string of the molecule is Cc1ccc2cc(-c3nnc(-c4cc5ccccc5[nH]4)s3)c(=O)oc2c1. The van der Waals surface area contributed by atoms with Crippen molar-refractivity contribution in [2.45, 2.75) is 6.92 Å². The van der Waals surface area contributed by atoms with E-state index in [1.54, 1.807) is 0 Å². The second-order valence-corrected chi connectivity index (χ2v) is 7.15. The highest BCUT2D eigenvalue weighted by atomic mass is 32.1. The first kappa shape index (κ1) is 15.0. The molecule has 0 bridgehead atoms. The van der Waals surface area contributed by atoms with Crippen molar-refractivity contribution in [3.05, 3.63) is 70.6 Å². The normalized spacial score (nSPS) is 11.4. The number of rotatable bonds is 2. The molecule has 0 spiro atoms. The highest BCUT2D eigenvalue weighted by Crippen LogP contribution is 2.31. The third kappa shape index (κ3) is 2.43. The van der Waals surface area contributed by atoms with E-state index in [1.807, 2.05) is 61.5 Å². The molecule has 5 rings (SSSR count). The van der Waals surface area contributed by atoms with Crippen LogP contribution in [0.1, 0.15) is 5.56 Å². The zero-order valence-corrected chi connectivity index (χ0v) is 14.6. The maximum Gasteiger partial charge on any atom is 0.346 e. The molecule has 0 aliphatic carbocycles. The Hall–Kier alpha value is -3.25. The van der Waals surface area contributed by atoms with Gasteiger partial charge in [0.15, 0.2) is 10.0 Å². The van der Waals surface area contributed by atoms with Gasteiger partial charge in [0, 0.05) is 16.3 Å². The zero-order valence-electron chi connectivity index (χ0n) is 13.8. The molecule has 3 aromatic heterocycles.